The van der Waals surface area contributed by atoms with Crippen molar-refractivity contribution >= 4 is 11.3 Å². The number of aliphatic hydroxyl groups excluding tert-OH is 1. The minimum absolute atomic E-state index is 0.514. The van der Waals surface area contributed by atoms with Crippen molar-refractivity contribution in [3.8, 4) is 0 Å². The maximum atomic E-state index is 9.86. The fourth-order valence-electron chi connectivity index (χ4n) is 1.39. The van der Waals surface area contributed by atoms with Crippen LogP contribution in [0, 0.1) is 0 Å². The Labute approximate surface area is 92.2 Å². The summed E-state index contributed by atoms with van der Waals surface area (Å²) >= 11 is 1.47. The number of hydrogen-bond acceptors (Lipinski definition) is 4. The van der Waals surface area contributed by atoms with Crippen molar-refractivity contribution < 1.29 is 5.11 Å². The van der Waals surface area contributed by atoms with Gasteiger partial charge in [-0.3, -0.25) is 4.68 Å². The highest BCUT2D eigenvalue weighted by molar-refractivity contribution is 7.09. The maximum Gasteiger partial charge on any atom is 0.121 e. The van der Waals surface area contributed by atoms with E-state index >= 15 is 0 Å². The molecule has 0 aromatic carbocycles. The smallest absolute Gasteiger partial charge is 0.121 e. The first-order valence-corrected chi connectivity index (χ1v) is 5.76. The molecule has 2 heterocycles. The van der Waals surface area contributed by atoms with Gasteiger partial charge in [-0.2, -0.15) is 5.10 Å². The van der Waals surface area contributed by atoms with E-state index in [4.69, 9.17) is 0 Å². The van der Waals surface area contributed by atoms with Gasteiger partial charge in [0.25, 0.3) is 0 Å². The zero-order valence-electron chi connectivity index (χ0n) is 8.50. The highest BCUT2D eigenvalue weighted by atomic mass is 32.1. The van der Waals surface area contributed by atoms with Crippen molar-refractivity contribution in [1.82, 2.24) is 14.8 Å². The van der Waals surface area contributed by atoms with Crippen LogP contribution >= 0.6 is 11.3 Å². The van der Waals surface area contributed by atoms with Crippen LogP contribution in [0.5, 0.6) is 0 Å². The average molecular weight is 223 g/mol. The average Bonchev–Trinajstić information content (AvgIpc) is 2.87. The maximum absolute atomic E-state index is 9.86. The van der Waals surface area contributed by atoms with E-state index < -0.39 is 6.10 Å². The normalized spacial score (nSPS) is 12.9. The molecule has 0 saturated carbocycles. The molecule has 5 heteroatoms. The zero-order valence-corrected chi connectivity index (χ0v) is 9.31. The second-order valence-corrected chi connectivity index (χ2v) is 4.22. The third-order valence-electron chi connectivity index (χ3n) is 2.18. The summed E-state index contributed by atoms with van der Waals surface area (Å²) in [5.74, 6) is 0. The van der Waals surface area contributed by atoms with Crippen molar-refractivity contribution in [1.29, 1.82) is 0 Å². The molecule has 0 aliphatic heterocycles. The van der Waals surface area contributed by atoms with Crippen LogP contribution in [0.2, 0.25) is 0 Å². The topological polar surface area (TPSA) is 50.9 Å². The largest absolute Gasteiger partial charge is 0.386 e. The number of rotatable bonds is 4. The quantitative estimate of drug-likeness (QED) is 0.857. The standard InChI is InChI=1S/C10H13N3OS/c1-2-13-7-8(6-12-13)5-9(14)10-11-3-4-15-10/h3-4,6-7,9,14H,2,5H2,1H3. The predicted octanol–water partition coefficient (Wildman–Crippen LogP) is 1.64. The number of aryl methyl sites for hydroxylation is 1. The summed E-state index contributed by atoms with van der Waals surface area (Å²) in [6.45, 7) is 2.89. The fraction of sp³-hybridized carbons (Fsp3) is 0.400. The molecular formula is C10H13N3OS. The fourth-order valence-corrected chi connectivity index (χ4v) is 2.02. The number of thiazole rings is 1. The van der Waals surface area contributed by atoms with Gasteiger partial charge < -0.3 is 5.11 Å². The SMILES string of the molecule is CCn1cc(CC(O)c2nccs2)cn1. The first-order chi connectivity index (χ1) is 7.29. The lowest BCUT2D eigenvalue weighted by molar-refractivity contribution is 0.178. The predicted molar refractivity (Wildman–Crippen MR) is 58.7 cm³/mol. The zero-order chi connectivity index (χ0) is 10.7. The van der Waals surface area contributed by atoms with Crippen LogP contribution in [0.3, 0.4) is 0 Å². The lowest BCUT2D eigenvalue weighted by Crippen LogP contribution is -2.00. The summed E-state index contributed by atoms with van der Waals surface area (Å²) in [6.07, 6.45) is 5.52. The molecular weight excluding hydrogens is 210 g/mol. The molecule has 1 N–H and O–H groups in total. The van der Waals surface area contributed by atoms with E-state index in [1.807, 2.05) is 23.2 Å². The molecule has 0 fully saturated rings. The Hall–Kier alpha value is -1.20. The second kappa shape index (κ2) is 4.55. The lowest BCUT2D eigenvalue weighted by Gasteiger charge is -2.04. The van der Waals surface area contributed by atoms with Gasteiger partial charge in [0, 0.05) is 30.7 Å². The van der Waals surface area contributed by atoms with Gasteiger partial charge in [-0.05, 0) is 12.5 Å². The molecule has 80 valence electrons. The van der Waals surface area contributed by atoms with Crippen LogP contribution < -0.4 is 0 Å². The second-order valence-electron chi connectivity index (χ2n) is 3.29. The van der Waals surface area contributed by atoms with Gasteiger partial charge in [-0.25, -0.2) is 4.98 Å². The van der Waals surface area contributed by atoms with Gasteiger partial charge in [0.1, 0.15) is 11.1 Å². The van der Waals surface area contributed by atoms with Crippen LogP contribution in [0.4, 0.5) is 0 Å². The molecule has 0 amide bonds. The van der Waals surface area contributed by atoms with E-state index in [9.17, 15) is 5.11 Å². The van der Waals surface area contributed by atoms with Crippen LogP contribution in [0.15, 0.2) is 24.0 Å². The van der Waals surface area contributed by atoms with Crippen LogP contribution in [0.25, 0.3) is 0 Å². The Morgan fingerprint density at radius 1 is 1.60 bits per heavy atom. The molecule has 0 saturated heterocycles. The molecule has 0 radical (unpaired) electrons. The molecule has 2 aromatic rings. The van der Waals surface area contributed by atoms with E-state index in [-0.39, 0.29) is 0 Å². The third-order valence-corrected chi connectivity index (χ3v) is 3.05. The molecule has 15 heavy (non-hydrogen) atoms. The number of aliphatic hydroxyl groups is 1. The monoisotopic (exact) mass is 223 g/mol. The summed E-state index contributed by atoms with van der Waals surface area (Å²) in [5.41, 5.74) is 1.04. The van der Waals surface area contributed by atoms with E-state index in [2.05, 4.69) is 10.1 Å². The van der Waals surface area contributed by atoms with E-state index in [1.165, 1.54) is 11.3 Å². The minimum Gasteiger partial charge on any atom is -0.386 e. The molecule has 2 rings (SSSR count). The van der Waals surface area contributed by atoms with Crippen molar-refractivity contribution in [2.45, 2.75) is 26.0 Å². The van der Waals surface area contributed by atoms with E-state index in [0.717, 1.165) is 17.1 Å². The Morgan fingerprint density at radius 2 is 2.47 bits per heavy atom. The summed E-state index contributed by atoms with van der Waals surface area (Å²) in [5, 5.41) is 16.6. The number of nitrogens with zero attached hydrogens (tertiary/aromatic N) is 3. The van der Waals surface area contributed by atoms with Gasteiger partial charge in [0.15, 0.2) is 0 Å². The molecule has 1 atom stereocenters. The highest BCUT2D eigenvalue weighted by Gasteiger charge is 2.11. The summed E-state index contributed by atoms with van der Waals surface area (Å²) in [4.78, 5) is 4.08. The Balaban J connectivity index is 2.02. The summed E-state index contributed by atoms with van der Waals surface area (Å²) < 4.78 is 1.85. The van der Waals surface area contributed by atoms with Crippen molar-refractivity contribution in [2.24, 2.45) is 0 Å². The van der Waals surface area contributed by atoms with Crippen LogP contribution in [-0.4, -0.2) is 19.9 Å². The summed E-state index contributed by atoms with van der Waals surface area (Å²) in [7, 11) is 0. The minimum atomic E-state index is -0.514. The third kappa shape index (κ3) is 2.43. The van der Waals surface area contributed by atoms with Crippen molar-refractivity contribution in [3.63, 3.8) is 0 Å². The van der Waals surface area contributed by atoms with Gasteiger partial charge in [0.2, 0.25) is 0 Å². The van der Waals surface area contributed by atoms with Crippen LogP contribution in [0.1, 0.15) is 23.6 Å². The molecule has 0 aliphatic carbocycles. The molecule has 4 nitrogen and oxygen atoms in total. The Bertz CT molecular complexity index is 410. The number of aromatic nitrogens is 3. The Kier molecular flexibility index (Phi) is 3.13. The lowest BCUT2D eigenvalue weighted by atomic mass is 10.2. The molecule has 1 unspecified atom stereocenters. The molecule has 0 bridgehead atoms. The van der Waals surface area contributed by atoms with Crippen molar-refractivity contribution in [2.75, 3.05) is 0 Å². The van der Waals surface area contributed by atoms with Gasteiger partial charge in [-0.1, -0.05) is 0 Å². The molecule has 0 aliphatic rings. The number of hydrogen-bond donors (Lipinski definition) is 1. The highest BCUT2D eigenvalue weighted by Crippen LogP contribution is 2.19. The van der Waals surface area contributed by atoms with E-state index in [0.29, 0.717) is 6.42 Å². The summed E-state index contributed by atoms with van der Waals surface area (Å²) in [6, 6.07) is 0. The van der Waals surface area contributed by atoms with Crippen molar-refractivity contribution in [3.05, 3.63) is 34.5 Å². The first kappa shape index (κ1) is 10.3. The Morgan fingerprint density at radius 3 is 3.07 bits per heavy atom. The van der Waals surface area contributed by atoms with Crippen LogP contribution in [-0.2, 0) is 13.0 Å². The van der Waals surface area contributed by atoms with Gasteiger partial charge in [-0.15, -0.1) is 11.3 Å². The first-order valence-electron chi connectivity index (χ1n) is 4.88. The molecule has 2 aromatic heterocycles. The molecule has 0 spiro atoms. The van der Waals surface area contributed by atoms with E-state index in [1.54, 1.807) is 12.4 Å². The van der Waals surface area contributed by atoms with Gasteiger partial charge >= 0.3 is 0 Å². The van der Waals surface area contributed by atoms with Gasteiger partial charge in [0.05, 0.1) is 6.20 Å².